The number of carbonyl (C=O) groups is 2. The fourth-order valence-corrected chi connectivity index (χ4v) is 3.11. The van der Waals surface area contributed by atoms with Gasteiger partial charge in [0.25, 0.3) is 0 Å². The Morgan fingerprint density at radius 3 is 2.92 bits per heavy atom. The molecule has 1 aliphatic rings. The Bertz CT molecular complexity index is 796. The Kier molecular flexibility index (Phi) is 4.97. The summed E-state index contributed by atoms with van der Waals surface area (Å²) in [6, 6.07) is 7.70. The number of piperidine rings is 1. The van der Waals surface area contributed by atoms with Crippen LogP contribution in [0.4, 0.5) is 5.69 Å². The quantitative estimate of drug-likeness (QED) is 0.871. The first-order valence-electron chi connectivity index (χ1n) is 8.38. The molecule has 1 N–H and O–H groups in total. The first-order valence-corrected chi connectivity index (χ1v) is 8.38. The van der Waals surface area contributed by atoms with Crippen molar-refractivity contribution in [2.45, 2.75) is 12.8 Å². The lowest BCUT2D eigenvalue weighted by Gasteiger charge is -2.31. The number of hydrogen-bond acceptors (Lipinski definition) is 3. The predicted molar refractivity (Wildman–Crippen MR) is 96.8 cm³/mol. The summed E-state index contributed by atoms with van der Waals surface area (Å²) in [4.78, 5) is 26.0. The molecule has 130 valence electrons. The molecule has 1 aromatic heterocycles. The highest BCUT2D eigenvalue weighted by Gasteiger charge is 2.27. The molecule has 1 fully saturated rings. The van der Waals surface area contributed by atoms with Crippen molar-refractivity contribution in [2.75, 3.05) is 18.4 Å². The number of hydrogen-bond donors (Lipinski definition) is 1. The molecular formula is C19H22N4O2. The molecule has 2 amide bonds. The van der Waals surface area contributed by atoms with Crippen LogP contribution in [0.1, 0.15) is 12.8 Å². The molecule has 0 bridgehead atoms. The molecule has 3 rings (SSSR count). The summed E-state index contributed by atoms with van der Waals surface area (Å²) in [5, 5.41) is 7.15. The van der Waals surface area contributed by atoms with Crippen molar-refractivity contribution >= 4 is 17.5 Å². The first kappa shape index (κ1) is 17.0. The molecular weight excluding hydrogens is 316 g/mol. The second-order valence-electron chi connectivity index (χ2n) is 6.30. The van der Waals surface area contributed by atoms with Gasteiger partial charge >= 0.3 is 0 Å². The predicted octanol–water partition coefficient (Wildman–Crippen LogP) is 2.45. The normalized spacial score (nSPS) is 17.2. The van der Waals surface area contributed by atoms with E-state index in [1.165, 1.54) is 6.08 Å². The van der Waals surface area contributed by atoms with Gasteiger partial charge in [0.1, 0.15) is 0 Å². The number of nitrogens with one attached hydrogen (secondary N) is 1. The Balaban J connectivity index is 1.68. The summed E-state index contributed by atoms with van der Waals surface area (Å²) in [6.07, 6.45) is 6.64. The van der Waals surface area contributed by atoms with Gasteiger partial charge in [0.2, 0.25) is 11.8 Å². The largest absolute Gasteiger partial charge is 0.338 e. The fourth-order valence-electron chi connectivity index (χ4n) is 3.11. The maximum Gasteiger partial charge on any atom is 0.245 e. The molecule has 0 unspecified atom stereocenters. The van der Waals surface area contributed by atoms with Gasteiger partial charge in [0.15, 0.2) is 0 Å². The first-order chi connectivity index (χ1) is 12.1. The Hall–Kier alpha value is -2.89. The van der Waals surface area contributed by atoms with Crippen LogP contribution < -0.4 is 5.32 Å². The van der Waals surface area contributed by atoms with Crippen LogP contribution in [0.2, 0.25) is 0 Å². The third kappa shape index (κ3) is 3.96. The van der Waals surface area contributed by atoms with E-state index in [0.29, 0.717) is 13.1 Å². The zero-order valence-electron chi connectivity index (χ0n) is 14.3. The smallest absolute Gasteiger partial charge is 0.245 e. The van der Waals surface area contributed by atoms with Gasteiger partial charge in [-0.2, -0.15) is 5.10 Å². The highest BCUT2D eigenvalue weighted by Crippen LogP contribution is 2.23. The van der Waals surface area contributed by atoms with Crippen LogP contribution in [0.5, 0.6) is 0 Å². The number of amides is 2. The van der Waals surface area contributed by atoms with Gasteiger partial charge in [-0.25, -0.2) is 0 Å². The average molecular weight is 338 g/mol. The maximum absolute atomic E-state index is 12.6. The molecule has 0 aliphatic carbocycles. The van der Waals surface area contributed by atoms with Crippen molar-refractivity contribution in [3.63, 3.8) is 0 Å². The van der Waals surface area contributed by atoms with E-state index < -0.39 is 0 Å². The number of carbonyl (C=O) groups excluding carboxylic acids is 2. The number of anilines is 1. The standard InChI is InChI=1S/C19H22N4O2/c1-3-18(24)23-9-5-7-15(13-23)19(25)21-17-8-4-6-14(10-17)16-11-20-22(2)12-16/h3-4,6,8,10-12,15H,1,5,7,9,13H2,2H3,(H,21,25)/t15-/m1/s1. The number of likely N-dealkylation sites (tertiary alicyclic amines) is 1. The SMILES string of the molecule is C=CC(=O)N1CCC[C@@H](C(=O)Nc2cccc(-c3cnn(C)c3)c2)C1. The summed E-state index contributed by atoms with van der Waals surface area (Å²) in [5.74, 6) is -0.360. The van der Waals surface area contributed by atoms with Crippen molar-refractivity contribution < 1.29 is 9.59 Å². The van der Waals surface area contributed by atoms with Crippen LogP contribution in [0.15, 0.2) is 49.3 Å². The maximum atomic E-state index is 12.6. The highest BCUT2D eigenvalue weighted by atomic mass is 16.2. The van der Waals surface area contributed by atoms with Gasteiger partial charge in [-0.05, 0) is 36.6 Å². The van der Waals surface area contributed by atoms with Crippen LogP contribution in [0, 0.1) is 5.92 Å². The van der Waals surface area contributed by atoms with E-state index in [9.17, 15) is 9.59 Å². The van der Waals surface area contributed by atoms with Crippen LogP contribution in [-0.4, -0.2) is 39.6 Å². The number of rotatable bonds is 4. The van der Waals surface area contributed by atoms with Gasteiger partial charge in [-0.15, -0.1) is 0 Å². The van der Waals surface area contributed by atoms with Crippen LogP contribution in [0.25, 0.3) is 11.1 Å². The number of aryl methyl sites for hydroxylation is 1. The van der Waals surface area contributed by atoms with Crippen LogP contribution in [0.3, 0.4) is 0 Å². The van der Waals surface area contributed by atoms with E-state index >= 15 is 0 Å². The van der Waals surface area contributed by atoms with Crippen LogP contribution in [-0.2, 0) is 16.6 Å². The Labute approximate surface area is 147 Å². The summed E-state index contributed by atoms with van der Waals surface area (Å²) >= 11 is 0. The molecule has 1 aromatic carbocycles. The van der Waals surface area contributed by atoms with E-state index in [1.807, 2.05) is 37.5 Å². The summed E-state index contributed by atoms with van der Waals surface area (Å²) in [7, 11) is 1.87. The Morgan fingerprint density at radius 1 is 1.36 bits per heavy atom. The molecule has 25 heavy (non-hydrogen) atoms. The lowest BCUT2D eigenvalue weighted by molar-refractivity contribution is -0.130. The summed E-state index contributed by atoms with van der Waals surface area (Å²) < 4.78 is 1.74. The summed E-state index contributed by atoms with van der Waals surface area (Å²) in [5.41, 5.74) is 2.75. The zero-order valence-corrected chi connectivity index (χ0v) is 14.3. The van der Waals surface area contributed by atoms with E-state index in [-0.39, 0.29) is 17.7 Å². The summed E-state index contributed by atoms with van der Waals surface area (Å²) in [6.45, 7) is 4.64. The van der Waals surface area contributed by atoms with Crippen molar-refractivity contribution in [3.8, 4) is 11.1 Å². The lowest BCUT2D eigenvalue weighted by atomic mass is 9.97. The minimum atomic E-state index is -0.195. The van der Waals surface area contributed by atoms with Crippen molar-refractivity contribution in [1.29, 1.82) is 0 Å². The molecule has 1 aliphatic heterocycles. The number of aromatic nitrogens is 2. The lowest BCUT2D eigenvalue weighted by Crippen LogP contribution is -2.43. The van der Waals surface area contributed by atoms with Crippen LogP contribution >= 0.6 is 0 Å². The third-order valence-electron chi connectivity index (χ3n) is 4.45. The topological polar surface area (TPSA) is 67.2 Å². The molecule has 0 spiro atoms. The molecule has 1 saturated heterocycles. The van der Waals surface area contributed by atoms with E-state index in [0.717, 1.165) is 29.7 Å². The number of nitrogens with zero attached hydrogens (tertiary/aromatic N) is 3. The minimum Gasteiger partial charge on any atom is -0.338 e. The average Bonchev–Trinajstić information content (AvgIpc) is 3.08. The van der Waals surface area contributed by atoms with E-state index in [4.69, 9.17) is 0 Å². The van der Waals surface area contributed by atoms with Gasteiger partial charge < -0.3 is 10.2 Å². The molecule has 6 heteroatoms. The van der Waals surface area contributed by atoms with Crippen molar-refractivity contribution in [2.24, 2.45) is 13.0 Å². The second kappa shape index (κ2) is 7.34. The van der Waals surface area contributed by atoms with Gasteiger partial charge in [-0.1, -0.05) is 18.7 Å². The molecule has 6 nitrogen and oxygen atoms in total. The van der Waals surface area contributed by atoms with E-state index in [1.54, 1.807) is 15.8 Å². The minimum absolute atomic E-state index is 0.0510. The van der Waals surface area contributed by atoms with Crippen molar-refractivity contribution in [3.05, 3.63) is 49.3 Å². The van der Waals surface area contributed by atoms with Gasteiger partial charge in [-0.3, -0.25) is 14.3 Å². The van der Waals surface area contributed by atoms with Gasteiger partial charge in [0.05, 0.1) is 12.1 Å². The highest BCUT2D eigenvalue weighted by molar-refractivity contribution is 5.94. The van der Waals surface area contributed by atoms with Gasteiger partial charge in [0, 0.05) is 37.6 Å². The molecule has 1 atom stereocenters. The van der Waals surface area contributed by atoms with E-state index in [2.05, 4.69) is 17.0 Å². The second-order valence-corrected chi connectivity index (χ2v) is 6.30. The zero-order chi connectivity index (χ0) is 17.8. The Morgan fingerprint density at radius 2 is 2.20 bits per heavy atom. The molecule has 0 radical (unpaired) electrons. The molecule has 2 aromatic rings. The van der Waals surface area contributed by atoms with Crippen molar-refractivity contribution in [1.82, 2.24) is 14.7 Å². The third-order valence-corrected chi connectivity index (χ3v) is 4.45. The molecule has 2 heterocycles. The molecule has 0 saturated carbocycles. The monoisotopic (exact) mass is 338 g/mol. The fraction of sp³-hybridized carbons (Fsp3) is 0.316. The number of benzene rings is 1.